The molecule has 3 atom stereocenters. The zero-order valence-electron chi connectivity index (χ0n) is 16.6. The van der Waals surface area contributed by atoms with Gasteiger partial charge >= 0.3 is 5.97 Å². The minimum Gasteiger partial charge on any atom is -1.00 e. The van der Waals surface area contributed by atoms with Crippen LogP contribution in [0.3, 0.4) is 0 Å². The topological polar surface area (TPSA) is 26.3 Å². The molecule has 0 amide bonds. The van der Waals surface area contributed by atoms with E-state index in [2.05, 4.69) is 44.3 Å². The smallest absolute Gasteiger partial charge is 0.313 e. The number of quaternary nitrogens is 1. The fourth-order valence-corrected chi connectivity index (χ4v) is 5.62. The van der Waals surface area contributed by atoms with Crippen molar-refractivity contribution < 1.29 is 38.0 Å². The van der Waals surface area contributed by atoms with Crippen molar-refractivity contribution in [2.75, 3.05) is 13.6 Å². The maximum absolute atomic E-state index is 13.0. The molecule has 3 unspecified atom stereocenters. The van der Waals surface area contributed by atoms with Gasteiger partial charge in [-0.15, -0.1) is 0 Å². The van der Waals surface area contributed by atoms with E-state index in [0.29, 0.717) is 12.1 Å². The number of carbonyl (C=O) groups is 1. The number of rotatable bonds is 4. The zero-order chi connectivity index (χ0) is 18.1. The van der Waals surface area contributed by atoms with Crippen molar-refractivity contribution in [2.45, 2.75) is 70.1 Å². The van der Waals surface area contributed by atoms with Crippen LogP contribution in [0.25, 0.3) is 5.57 Å². The Hall–Kier alpha value is -0.880. The largest absolute Gasteiger partial charge is 1.00 e. The third kappa shape index (κ3) is 3.98. The monoisotopic (exact) mass is 481 g/mol. The molecule has 0 spiro atoms. The molecular weight excluding hydrogens is 449 g/mol. The van der Waals surface area contributed by atoms with Gasteiger partial charge in [0, 0.05) is 25.7 Å². The molecule has 3 aliphatic rings. The fraction of sp³-hybridized carbons (Fsp3) is 0.609. The van der Waals surface area contributed by atoms with E-state index < -0.39 is 0 Å². The van der Waals surface area contributed by atoms with E-state index in [1.54, 1.807) is 0 Å². The lowest BCUT2D eigenvalue weighted by Crippen LogP contribution is -3.00. The van der Waals surface area contributed by atoms with Crippen LogP contribution in [0.1, 0.15) is 57.4 Å². The number of carbonyl (C=O) groups excluding carboxylic acids is 1. The molecule has 2 saturated heterocycles. The molecule has 2 bridgehead atoms. The number of hydrogen-bond acceptors (Lipinski definition) is 2. The summed E-state index contributed by atoms with van der Waals surface area (Å²) in [5.41, 5.74) is 2.35. The molecular formula is C23H32INO2. The zero-order valence-corrected chi connectivity index (χ0v) is 18.7. The molecule has 1 aliphatic carbocycles. The van der Waals surface area contributed by atoms with Gasteiger partial charge in [0.25, 0.3) is 0 Å². The Balaban J connectivity index is 0.00000210. The second-order valence-electron chi connectivity index (χ2n) is 8.59. The number of piperidine rings is 1. The lowest BCUT2D eigenvalue weighted by Gasteiger charge is -2.46. The Morgan fingerprint density at radius 3 is 2.41 bits per heavy atom. The molecule has 0 saturated carbocycles. The SMILES string of the molecule is CC[N+]1(C)C2CCC1CC(OC(=O)C1CCCC=C1c1ccccc1)C2.[I-]. The van der Waals surface area contributed by atoms with Crippen molar-refractivity contribution in [3.63, 3.8) is 0 Å². The number of benzene rings is 1. The number of esters is 1. The van der Waals surface area contributed by atoms with Crippen LogP contribution in [0.4, 0.5) is 0 Å². The Kier molecular flexibility index (Phi) is 6.67. The Bertz CT molecular complexity index is 673. The molecule has 0 aromatic heterocycles. The first kappa shape index (κ1) is 20.8. The third-order valence-electron chi connectivity index (χ3n) is 7.36. The first-order chi connectivity index (χ1) is 12.6. The van der Waals surface area contributed by atoms with Gasteiger partial charge in [0.1, 0.15) is 6.10 Å². The highest BCUT2D eigenvalue weighted by Crippen LogP contribution is 2.42. The van der Waals surface area contributed by atoms with E-state index in [4.69, 9.17) is 4.74 Å². The Labute approximate surface area is 180 Å². The standard InChI is InChI=1S/C23H32NO2.HI/c1-3-24(2)18-13-14-19(24)16-20(15-18)26-23(25)22-12-8-7-11-21(22)17-9-5-4-6-10-17;/h4-6,9-11,18-20,22H,3,7-8,12-16H2,1-2H3;1H/q+1;/p-1. The van der Waals surface area contributed by atoms with Gasteiger partial charge in [-0.3, -0.25) is 4.79 Å². The number of hydrogen-bond donors (Lipinski definition) is 0. The quantitative estimate of drug-likeness (QED) is 0.371. The van der Waals surface area contributed by atoms with Crippen molar-refractivity contribution in [1.82, 2.24) is 0 Å². The van der Waals surface area contributed by atoms with Crippen molar-refractivity contribution in [2.24, 2.45) is 5.92 Å². The number of ether oxygens (including phenoxy) is 1. The summed E-state index contributed by atoms with van der Waals surface area (Å²) in [5.74, 6) is -0.0745. The summed E-state index contributed by atoms with van der Waals surface area (Å²) in [4.78, 5) is 13.0. The van der Waals surface area contributed by atoms with Crippen LogP contribution >= 0.6 is 0 Å². The van der Waals surface area contributed by atoms with E-state index in [1.807, 2.05) is 6.07 Å². The van der Waals surface area contributed by atoms with Gasteiger partial charge in [-0.1, -0.05) is 36.4 Å². The summed E-state index contributed by atoms with van der Waals surface area (Å²) in [5, 5.41) is 0. The van der Waals surface area contributed by atoms with Crippen LogP contribution in [-0.2, 0) is 9.53 Å². The van der Waals surface area contributed by atoms with Gasteiger partial charge in [0.15, 0.2) is 0 Å². The van der Waals surface area contributed by atoms with Gasteiger partial charge < -0.3 is 33.2 Å². The maximum atomic E-state index is 13.0. The number of fused-ring (bicyclic) bond motifs is 2. The third-order valence-corrected chi connectivity index (χ3v) is 7.36. The Morgan fingerprint density at radius 1 is 1.11 bits per heavy atom. The number of halogens is 1. The summed E-state index contributed by atoms with van der Waals surface area (Å²) in [6, 6.07) is 11.7. The molecule has 0 radical (unpaired) electrons. The summed E-state index contributed by atoms with van der Waals surface area (Å²) in [6.45, 7) is 3.50. The molecule has 4 rings (SSSR count). The van der Waals surface area contributed by atoms with Crippen molar-refractivity contribution in [3.8, 4) is 0 Å². The summed E-state index contributed by atoms with van der Waals surface area (Å²) < 4.78 is 7.30. The molecule has 2 fully saturated rings. The molecule has 1 aromatic carbocycles. The molecule has 3 nitrogen and oxygen atoms in total. The van der Waals surface area contributed by atoms with Gasteiger partial charge in [0.05, 0.1) is 31.6 Å². The van der Waals surface area contributed by atoms with E-state index >= 15 is 0 Å². The van der Waals surface area contributed by atoms with E-state index in [9.17, 15) is 4.79 Å². The predicted octanol–water partition coefficient (Wildman–Crippen LogP) is 1.58. The summed E-state index contributed by atoms with van der Waals surface area (Å²) in [6.07, 6.45) is 10.1. The fourth-order valence-electron chi connectivity index (χ4n) is 5.62. The highest BCUT2D eigenvalue weighted by Gasteiger charge is 2.51. The molecule has 2 heterocycles. The normalized spacial score (nSPS) is 35.1. The van der Waals surface area contributed by atoms with E-state index in [1.165, 1.54) is 35.0 Å². The van der Waals surface area contributed by atoms with Crippen LogP contribution in [0.5, 0.6) is 0 Å². The molecule has 27 heavy (non-hydrogen) atoms. The number of allylic oxidation sites excluding steroid dienone is 1. The van der Waals surface area contributed by atoms with Crippen molar-refractivity contribution >= 4 is 11.5 Å². The maximum Gasteiger partial charge on any atom is 0.313 e. The van der Waals surface area contributed by atoms with Crippen LogP contribution in [0.15, 0.2) is 36.4 Å². The van der Waals surface area contributed by atoms with Gasteiger partial charge in [-0.25, -0.2) is 0 Å². The molecule has 2 aliphatic heterocycles. The Morgan fingerprint density at radius 2 is 1.78 bits per heavy atom. The molecule has 4 heteroatoms. The van der Waals surface area contributed by atoms with E-state index in [0.717, 1.165) is 32.1 Å². The lowest BCUT2D eigenvalue weighted by molar-refractivity contribution is -0.947. The van der Waals surface area contributed by atoms with Crippen molar-refractivity contribution in [3.05, 3.63) is 42.0 Å². The minimum absolute atomic E-state index is 0. The first-order valence-corrected chi connectivity index (χ1v) is 10.4. The van der Waals surface area contributed by atoms with Crippen LogP contribution < -0.4 is 24.0 Å². The van der Waals surface area contributed by atoms with Crippen LogP contribution in [0.2, 0.25) is 0 Å². The van der Waals surface area contributed by atoms with Crippen LogP contribution in [0, 0.1) is 5.92 Å². The summed E-state index contributed by atoms with van der Waals surface area (Å²) in [7, 11) is 2.40. The van der Waals surface area contributed by atoms with Gasteiger partial charge in [-0.2, -0.15) is 0 Å². The second kappa shape index (κ2) is 8.64. The van der Waals surface area contributed by atoms with Gasteiger partial charge in [-0.05, 0) is 37.3 Å². The number of nitrogens with zero attached hydrogens (tertiary/aromatic N) is 1. The average Bonchev–Trinajstić information content (AvgIpc) is 2.85. The predicted molar refractivity (Wildman–Crippen MR) is 104 cm³/mol. The van der Waals surface area contributed by atoms with E-state index in [-0.39, 0.29) is 42.0 Å². The minimum atomic E-state index is -0.0854. The lowest BCUT2D eigenvalue weighted by atomic mass is 9.83. The highest BCUT2D eigenvalue weighted by molar-refractivity contribution is 5.89. The highest BCUT2D eigenvalue weighted by atomic mass is 127. The second-order valence-corrected chi connectivity index (χ2v) is 8.59. The summed E-state index contributed by atoms with van der Waals surface area (Å²) >= 11 is 0. The molecule has 148 valence electrons. The first-order valence-electron chi connectivity index (χ1n) is 10.4. The van der Waals surface area contributed by atoms with Crippen LogP contribution in [-0.4, -0.2) is 42.2 Å². The van der Waals surface area contributed by atoms with Gasteiger partial charge in [0.2, 0.25) is 0 Å². The average molecular weight is 481 g/mol. The molecule has 1 aromatic rings. The molecule has 0 N–H and O–H groups in total. The van der Waals surface area contributed by atoms with Crippen molar-refractivity contribution in [1.29, 1.82) is 0 Å².